The summed E-state index contributed by atoms with van der Waals surface area (Å²) in [6, 6.07) is 14.0. The zero-order valence-corrected chi connectivity index (χ0v) is 13.5. The van der Waals surface area contributed by atoms with Crippen molar-refractivity contribution in [2.24, 2.45) is 0 Å². The molecule has 2 aromatic carbocycles. The molecule has 1 saturated carbocycles. The lowest BCUT2D eigenvalue weighted by Gasteiger charge is -2.19. The van der Waals surface area contributed by atoms with E-state index in [1.54, 1.807) is 0 Å². The lowest BCUT2D eigenvalue weighted by Crippen LogP contribution is -2.38. The predicted molar refractivity (Wildman–Crippen MR) is 88.6 cm³/mol. The molecule has 0 radical (unpaired) electrons. The van der Waals surface area contributed by atoms with Crippen LogP contribution in [0.1, 0.15) is 35.6 Å². The third kappa shape index (κ3) is 4.82. The summed E-state index contributed by atoms with van der Waals surface area (Å²) in [4.78, 5) is 12.5. The van der Waals surface area contributed by atoms with Gasteiger partial charge in [-0.25, -0.2) is 0 Å². The van der Waals surface area contributed by atoms with Gasteiger partial charge in [0.15, 0.2) is 0 Å². The van der Waals surface area contributed by atoms with Crippen LogP contribution in [0.15, 0.2) is 54.6 Å². The SMILES string of the molecule is O=C(NC1CC1)C(NCc1ccc(C(F)(F)F)cc1)c1ccccc1. The molecule has 6 heteroatoms. The molecule has 0 heterocycles. The molecule has 1 aliphatic carbocycles. The number of carbonyl (C=O) groups excluding carboxylic acids is 1. The standard InChI is InChI=1S/C19H19F3N2O/c20-19(21,22)15-8-6-13(7-9-15)12-23-17(14-4-2-1-3-5-14)18(25)24-16-10-11-16/h1-9,16-17,23H,10-12H2,(H,24,25). The van der Waals surface area contributed by atoms with Gasteiger partial charge < -0.3 is 5.32 Å². The second-order valence-corrected chi connectivity index (χ2v) is 6.20. The predicted octanol–water partition coefficient (Wildman–Crippen LogP) is 3.81. The van der Waals surface area contributed by atoms with Crippen molar-refractivity contribution in [1.82, 2.24) is 10.6 Å². The van der Waals surface area contributed by atoms with Gasteiger partial charge in [0.1, 0.15) is 6.04 Å². The molecule has 0 bridgehead atoms. The first kappa shape index (κ1) is 17.5. The lowest BCUT2D eigenvalue weighted by atomic mass is 10.1. The Morgan fingerprint density at radius 2 is 1.68 bits per heavy atom. The Hall–Kier alpha value is -2.34. The summed E-state index contributed by atoms with van der Waals surface area (Å²) in [5.74, 6) is -0.111. The maximum Gasteiger partial charge on any atom is 0.416 e. The van der Waals surface area contributed by atoms with Crippen molar-refractivity contribution in [2.75, 3.05) is 0 Å². The van der Waals surface area contributed by atoms with Crippen LogP contribution in [0.25, 0.3) is 0 Å². The van der Waals surface area contributed by atoms with E-state index in [0.29, 0.717) is 12.1 Å². The van der Waals surface area contributed by atoms with E-state index in [0.717, 1.165) is 30.5 Å². The summed E-state index contributed by atoms with van der Waals surface area (Å²) < 4.78 is 37.9. The Labute approximate surface area is 144 Å². The number of benzene rings is 2. The van der Waals surface area contributed by atoms with E-state index in [-0.39, 0.29) is 11.9 Å². The molecule has 0 aromatic heterocycles. The average Bonchev–Trinajstić information content (AvgIpc) is 3.39. The number of carbonyl (C=O) groups is 1. The van der Waals surface area contributed by atoms with Crippen LogP contribution in [-0.4, -0.2) is 11.9 Å². The minimum atomic E-state index is -4.34. The fourth-order valence-corrected chi connectivity index (χ4v) is 2.55. The van der Waals surface area contributed by atoms with Gasteiger partial charge in [0.2, 0.25) is 5.91 Å². The topological polar surface area (TPSA) is 41.1 Å². The molecule has 25 heavy (non-hydrogen) atoms. The quantitative estimate of drug-likeness (QED) is 0.833. The van der Waals surface area contributed by atoms with Gasteiger partial charge >= 0.3 is 6.18 Å². The second-order valence-electron chi connectivity index (χ2n) is 6.20. The van der Waals surface area contributed by atoms with Gasteiger partial charge in [0.05, 0.1) is 5.56 Å². The average molecular weight is 348 g/mol. The van der Waals surface area contributed by atoms with Crippen LogP contribution in [0.3, 0.4) is 0 Å². The highest BCUT2D eigenvalue weighted by Crippen LogP contribution is 2.29. The highest BCUT2D eigenvalue weighted by Gasteiger charge is 2.30. The van der Waals surface area contributed by atoms with Gasteiger partial charge in [0, 0.05) is 12.6 Å². The van der Waals surface area contributed by atoms with Crippen LogP contribution in [0.4, 0.5) is 13.2 Å². The first-order chi connectivity index (χ1) is 11.9. The molecule has 2 aromatic rings. The first-order valence-corrected chi connectivity index (χ1v) is 8.18. The molecule has 3 nitrogen and oxygen atoms in total. The van der Waals surface area contributed by atoms with Crippen molar-refractivity contribution < 1.29 is 18.0 Å². The van der Waals surface area contributed by atoms with Gasteiger partial charge in [-0.15, -0.1) is 0 Å². The Balaban J connectivity index is 1.68. The smallest absolute Gasteiger partial charge is 0.352 e. The van der Waals surface area contributed by atoms with Crippen molar-refractivity contribution in [3.05, 3.63) is 71.3 Å². The van der Waals surface area contributed by atoms with E-state index >= 15 is 0 Å². The number of halogens is 3. The van der Waals surface area contributed by atoms with Crippen LogP contribution in [-0.2, 0) is 17.5 Å². The van der Waals surface area contributed by atoms with Crippen LogP contribution in [0.5, 0.6) is 0 Å². The number of alkyl halides is 3. The fourth-order valence-electron chi connectivity index (χ4n) is 2.55. The molecule has 132 valence electrons. The van der Waals surface area contributed by atoms with Gasteiger partial charge in [-0.3, -0.25) is 10.1 Å². The van der Waals surface area contributed by atoms with Crippen LogP contribution in [0, 0.1) is 0 Å². The van der Waals surface area contributed by atoms with Gasteiger partial charge in [-0.1, -0.05) is 42.5 Å². The number of hydrogen-bond donors (Lipinski definition) is 2. The van der Waals surface area contributed by atoms with E-state index < -0.39 is 17.8 Å². The van der Waals surface area contributed by atoms with E-state index in [1.165, 1.54) is 12.1 Å². The summed E-state index contributed by atoms with van der Waals surface area (Å²) in [5, 5.41) is 6.12. The molecule has 0 spiro atoms. The van der Waals surface area contributed by atoms with Crippen LogP contribution in [0.2, 0.25) is 0 Å². The monoisotopic (exact) mass is 348 g/mol. The summed E-state index contributed by atoms with van der Waals surface area (Å²) >= 11 is 0. The summed E-state index contributed by atoms with van der Waals surface area (Å²) in [7, 11) is 0. The molecule has 1 aliphatic rings. The second kappa shape index (κ2) is 7.27. The summed E-state index contributed by atoms with van der Waals surface area (Å²) in [6.45, 7) is 0.301. The minimum Gasteiger partial charge on any atom is -0.352 e. The molecule has 1 fully saturated rings. The van der Waals surface area contributed by atoms with Crippen LogP contribution >= 0.6 is 0 Å². The Morgan fingerprint density at radius 3 is 2.24 bits per heavy atom. The molecule has 0 saturated heterocycles. The third-order valence-electron chi connectivity index (χ3n) is 4.11. The van der Waals surface area contributed by atoms with Crippen molar-refractivity contribution in [3.8, 4) is 0 Å². The number of hydrogen-bond acceptors (Lipinski definition) is 2. The van der Waals surface area contributed by atoms with Crippen molar-refractivity contribution >= 4 is 5.91 Å². The molecule has 3 rings (SSSR count). The zero-order valence-electron chi connectivity index (χ0n) is 13.5. The number of nitrogens with one attached hydrogen (secondary N) is 2. The van der Waals surface area contributed by atoms with Gasteiger partial charge in [-0.05, 0) is 36.1 Å². The highest BCUT2D eigenvalue weighted by atomic mass is 19.4. The Morgan fingerprint density at radius 1 is 1.04 bits per heavy atom. The van der Waals surface area contributed by atoms with Crippen molar-refractivity contribution in [3.63, 3.8) is 0 Å². The van der Waals surface area contributed by atoms with Crippen molar-refractivity contribution in [1.29, 1.82) is 0 Å². The van der Waals surface area contributed by atoms with Gasteiger partial charge in [-0.2, -0.15) is 13.2 Å². The molecular weight excluding hydrogens is 329 g/mol. The maximum atomic E-state index is 12.6. The summed E-state index contributed by atoms with van der Waals surface area (Å²) in [5.41, 5.74) is 0.836. The molecular formula is C19H19F3N2O. The molecule has 1 amide bonds. The largest absolute Gasteiger partial charge is 0.416 e. The van der Waals surface area contributed by atoms with E-state index in [1.807, 2.05) is 30.3 Å². The summed E-state index contributed by atoms with van der Waals surface area (Å²) in [6.07, 6.45) is -2.36. The zero-order chi connectivity index (χ0) is 17.9. The normalized spacial score (nSPS) is 15.6. The third-order valence-corrected chi connectivity index (χ3v) is 4.11. The van der Waals surface area contributed by atoms with E-state index in [4.69, 9.17) is 0 Å². The highest BCUT2D eigenvalue weighted by molar-refractivity contribution is 5.83. The van der Waals surface area contributed by atoms with Gasteiger partial charge in [0.25, 0.3) is 0 Å². The Bertz CT molecular complexity index is 710. The number of rotatable bonds is 6. The molecule has 0 aliphatic heterocycles. The minimum absolute atomic E-state index is 0.111. The number of amides is 1. The fraction of sp³-hybridized carbons (Fsp3) is 0.316. The Kier molecular flexibility index (Phi) is 5.08. The van der Waals surface area contributed by atoms with Crippen molar-refractivity contribution in [2.45, 2.75) is 37.6 Å². The lowest BCUT2D eigenvalue weighted by molar-refractivity contribution is -0.137. The first-order valence-electron chi connectivity index (χ1n) is 8.18. The van der Waals surface area contributed by atoms with E-state index in [9.17, 15) is 18.0 Å². The maximum absolute atomic E-state index is 12.6. The van der Waals surface area contributed by atoms with E-state index in [2.05, 4.69) is 10.6 Å². The molecule has 1 unspecified atom stereocenters. The molecule has 2 N–H and O–H groups in total. The van der Waals surface area contributed by atoms with Crippen LogP contribution < -0.4 is 10.6 Å². The molecule has 1 atom stereocenters.